The zero-order valence-electron chi connectivity index (χ0n) is 19.7. The number of carbonyl (C=O) groups is 1. The Bertz CT molecular complexity index is 1440. The van der Waals surface area contributed by atoms with Gasteiger partial charge in [-0.1, -0.05) is 30.3 Å². The van der Waals surface area contributed by atoms with Crippen molar-refractivity contribution in [1.29, 1.82) is 0 Å². The third kappa shape index (κ3) is 4.38. The predicted octanol–water partition coefficient (Wildman–Crippen LogP) is 5.54. The van der Waals surface area contributed by atoms with Gasteiger partial charge < -0.3 is 24.3 Å². The van der Waals surface area contributed by atoms with Gasteiger partial charge >= 0.3 is 0 Å². The molecule has 0 aliphatic heterocycles. The molecule has 0 radical (unpaired) electrons. The second kappa shape index (κ2) is 9.81. The molecule has 2 N–H and O–H groups in total. The van der Waals surface area contributed by atoms with E-state index in [-0.39, 0.29) is 11.8 Å². The fourth-order valence-electron chi connectivity index (χ4n) is 4.54. The van der Waals surface area contributed by atoms with E-state index in [1.165, 1.54) is 0 Å². The molecule has 0 aliphatic carbocycles. The van der Waals surface area contributed by atoms with Crippen molar-refractivity contribution in [2.24, 2.45) is 0 Å². The number of ether oxygens (including phenoxy) is 2. The summed E-state index contributed by atoms with van der Waals surface area (Å²) in [7, 11) is 3.26. The van der Waals surface area contributed by atoms with E-state index in [0.29, 0.717) is 23.6 Å². The summed E-state index contributed by atoms with van der Waals surface area (Å²) in [6.07, 6.45) is 5.96. The first-order chi connectivity index (χ1) is 17.2. The molecule has 6 heteroatoms. The Morgan fingerprint density at radius 1 is 0.886 bits per heavy atom. The lowest BCUT2D eigenvalue weighted by Gasteiger charge is -2.22. The van der Waals surface area contributed by atoms with Crippen molar-refractivity contribution in [1.82, 2.24) is 14.9 Å². The van der Waals surface area contributed by atoms with Crippen molar-refractivity contribution in [3.63, 3.8) is 0 Å². The van der Waals surface area contributed by atoms with Crippen LogP contribution in [0.2, 0.25) is 0 Å². The molecule has 5 aromatic rings. The fraction of sp³-hybridized carbons (Fsp3) is 0.138. The van der Waals surface area contributed by atoms with Crippen LogP contribution in [0.3, 0.4) is 0 Å². The lowest BCUT2D eigenvalue weighted by molar-refractivity contribution is 0.0952. The number of hydrogen-bond donors (Lipinski definition) is 2. The molecule has 0 fully saturated rings. The molecule has 2 aromatic heterocycles. The summed E-state index contributed by atoms with van der Waals surface area (Å²) in [5.74, 6) is 1.03. The van der Waals surface area contributed by atoms with Gasteiger partial charge in [0.1, 0.15) is 0 Å². The van der Waals surface area contributed by atoms with Gasteiger partial charge in [0, 0.05) is 58.8 Å². The zero-order valence-corrected chi connectivity index (χ0v) is 19.7. The number of methoxy groups -OCH3 is 2. The van der Waals surface area contributed by atoms with Crippen molar-refractivity contribution >= 4 is 16.8 Å². The van der Waals surface area contributed by atoms with Crippen molar-refractivity contribution < 1.29 is 14.3 Å². The van der Waals surface area contributed by atoms with Gasteiger partial charge in [0.25, 0.3) is 5.91 Å². The van der Waals surface area contributed by atoms with Crippen molar-refractivity contribution in [3.8, 4) is 17.2 Å². The van der Waals surface area contributed by atoms with Gasteiger partial charge in [0.2, 0.25) is 0 Å². The zero-order chi connectivity index (χ0) is 24.2. The van der Waals surface area contributed by atoms with Gasteiger partial charge in [-0.05, 0) is 54.1 Å². The first kappa shape index (κ1) is 22.3. The maximum absolute atomic E-state index is 13.1. The molecule has 0 aliphatic rings. The minimum atomic E-state index is -0.153. The van der Waals surface area contributed by atoms with Crippen molar-refractivity contribution in [2.75, 3.05) is 20.8 Å². The Hall–Kier alpha value is -4.45. The van der Waals surface area contributed by atoms with Crippen LogP contribution in [0.1, 0.15) is 27.4 Å². The molecular formula is C29H27N3O3. The Balaban J connectivity index is 1.46. The summed E-state index contributed by atoms with van der Waals surface area (Å²) >= 11 is 0. The monoisotopic (exact) mass is 465 g/mol. The molecule has 3 aromatic carbocycles. The average molecular weight is 466 g/mol. The Labute approximate surface area is 204 Å². The van der Waals surface area contributed by atoms with Crippen LogP contribution in [-0.4, -0.2) is 36.2 Å². The smallest absolute Gasteiger partial charge is 0.251 e. The Morgan fingerprint density at radius 3 is 2.40 bits per heavy atom. The van der Waals surface area contributed by atoms with E-state index < -0.39 is 0 Å². The minimum absolute atomic E-state index is 0.129. The normalized spacial score (nSPS) is 11.8. The number of nitrogens with one attached hydrogen (secondary N) is 2. The standard InChI is InChI=1S/C29H27N3O3/c1-34-27-11-7-9-23(28(27)35-2)25(24-18-30-26-10-4-3-8-22(24)26)19-31-29(33)20-12-14-21(15-13-20)32-16-5-6-17-32/h3-18,25,30H,19H2,1-2H3,(H,31,33). The number of amides is 1. The van der Waals surface area contributed by atoms with Crippen molar-refractivity contribution in [2.45, 2.75) is 5.92 Å². The van der Waals surface area contributed by atoms with Gasteiger partial charge in [-0.25, -0.2) is 0 Å². The third-order valence-corrected chi connectivity index (χ3v) is 6.30. The van der Waals surface area contributed by atoms with Crippen molar-refractivity contribution in [3.05, 3.63) is 114 Å². The topological polar surface area (TPSA) is 68.3 Å². The van der Waals surface area contributed by atoms with E-state index in [1.54, 1.807) is 14.2 Å². The number of aromatic amines is 1. The molecule has 0 spiro atoms. The number of fused-ring (bicyclic) bond motifs is 1. The van der Waals surface area contributed by atoms with E-state index >= 15 is 0 Å². The first-order valence-electron chi connectivity index (χ1n) is 11.5. The summed E-state index contributed by atoms with van der Waals surface area (Å²) in [5, 5.41) is 4.24. The highest BCUT2D eigenvalue weighted by Crippen LogP contribution is 2.40. The molecule has 1 atom stereocenters. The van der Waals surface area contributed by atoms with E-state index in [2.05, 4.69) is 16.4 Å². The number of para-hydroxylation sites is 2. The molecule has 0 saturated carbocycles. The van der Waals surface area contributed by atoms with Crippen LogP contribution in [0.5, 0.6) is 11.5 Å². The second-order valence-corrected chi connectivity index (χ2v) is 8.27. The van der Waals surface area contributed by atoms with Gasteiger partial charge in [-0.3, -0.25) is 4.79 Å². The van der Waals surface area contributed by atoms with Gasteiger partial charge in [-0.15, -0.1) is 0 Å². The van der Waals surface area contributed by atoms with Crippen LogP contribution in [0, 0.1) is 0 Å². The van der Waals surface area contributed by atoms with E-state index in [9.17, 15) is 4.79 Å². The number of hydrogen-bond acceptors (Lipinski definition) is 3. The fourth-order valence-corrected chi connectivity index (χ4v) is 4.54. The summed E-state index contributed by atoms with van der Waals surface area (Å²) in [4.78, 5) is 16.5. The number of aromatic nitrogens is 2. The molecule has 2 heterocycles. The second-order valence-electron chi connectivity index (χ2n) is 8.27. The number of benzene rings is 3. The first-order valence-corrected chi connectivity index (χ1v) is 11.5. The SMILES string of the molecule is COc1cccc(C(CNC(=O)c2ccc(-n3cccc3)cc2)c2c[nH]c3ccccc23)c1OC. The van der Waals surface area contributed by atoms with Crippen LogP contribution < -0.4 is 14.8 Å². The van der Waals surface area contributed by atoms with Crippen LogP contribution in [0.25, 0.3) is 16.6 Å². The molecule has 6 nitrogen and oxygen atoms in total. The summed E-state index contributed by atoms with van der Waals surface area (Å²) in [5.41, 5.74) is 4.68. The average Bonchev–Trinajstić information content (AvgIpc) is 3.59. The predicted molar refractivity (Wildman–Crippen MR) is 138 cm³/mol. The third-order valence-electron chi connectivity index (χ3n) is 6.30. The molecule has 1 unspecified atom stereocenters. The van der Waals surface area contributed by atoms with Crippen LogP contribution in [0.15, 0.2) is 97.5 Å². The molecular weight excluding hydrogens is 438 g/mol. The lowest BCUT2D eigenvalue weighted by atomic mass is 9.89. The van der Waals surface area contributed by atoms with Crippen LogP contribution >= 0.6 is 0 Å². The number of rotatable bonds is 8. The maximum atomic E-state index is 13.1. The number of nitrogens with zero attached hydrogens (tertiary/aromatic N) is 1. The molecule has 5 rings (SSSR count). The van der Waals surface area contributed by atoms with Crippen LogP contribution in [-0.2, 0) is 0 Å². The van der Waals surface area contributed by atoms with E-state index in [4.69, 9.17) is 9.47 Å². The minimum Gasteiger partial charge on any atom is -0.493 e. The number of carbonyl (C=O) groups excluding carboxylic acids is 1. The van der Waals surface area contributed by atoms with Crippen LogP contribution in [0.4, 0.5) is 0 Å². The van der Waals surface area contributed by atoms with Gasteiger partial charge in [0.15, 0.2) is 11.5 Å². The van der Waals surface area contributed by atoms with E-state index in [0.717, 1.165) is 27.7 Å². The maximum Gasteiger partial charge on any atom is 0.251 e. The van der Waals surface area contributed by atoms with Gasteiger partial charge in [-0.2, -0.15) is 0 Å². The summed E-state index contributed by atoms with van der Waals surface area (Å²) < 4.78 is 13.3. The Morgan fingerprint density at radius 2 is 1.66 bits per heavy atom. The molecule has 1 amide bonds. The molecule has 176 valence electrons. The molecule has 35 heavy (non-hydrogen) atoms. The highest BCUT2D eigenvalue weighted by atomic mass is 16.5. The summed E-state index contributed by atoms with van der Waals surface area (Å²) in [6, 6.07) is 25.5. The van der Waals surface area contributed by atoms with E-state index in [1.807, 2.05) is 96.0 Å². The number of H-pyrrole nitrogens is 1. The quantitative estimate of drug-likeness (QED) is 0.316. The lowest BCUT2D eigenvalue weighted by Crippen LogP contribution is -2.29. The molecule has 0 saturated heterocycles. The Kier molecular flexibility index (Phi) is 6.26. The molecule has 0 bridgehead atoms. The summed E-state index contributed by atoms with van der Waals surface area (Å²) in [6.45, 7) is 0.392. The highest BCUT2D eigenvalue weighted by Gasteiger charge is 2.24. The van der Waals surface area contributed by atoms with Gasteiger partial charge in [0.05, 0.1) is 14.2 Å². The highest BCUT2D eigenvalue weighted by molar-refractivity contribution is 5.94. The largest absolute Gasteiger partial charge is 0.493 e.